The Hall–Kier alpha value is -3.74. The summed E-state index contributed by atoms with van der Waals surface area (Å²) in [5.74, 6) is -1.33. The number of amides is 2. The molecule has 0 spiro atoms. The number of hydrogen-bond donors (Lipinski definition) is 0. The van der Waals surface area contributed by atoms with Crippen LogP contribution in [0.25, 0.3) is 6.08 Å². The minimum absolute atomic E-state index is 0.0224. The molecule has 184 valence electrons. The fourth-order valence-electron chi connectivity index (χ4n) is 3.18. The number of carbonyl (C=O) groups excluding carboxylic acids is 2. The first-order valence-corrected chi connectivity index (χ1v) is 12.6. The summed E-state index contributed by atoms with van der Waals surface area (Å²) in [6.07, 6.45) is 1.42. The van der Waals surface area contributed by atoms with Crippen LogP contribution in [0.1, 0.15) is 11.1 Å². The molecule has 0 atom stereocenters. The highest BCUT2D eigenvalue weighted by Gasteiger charge is 2.36. The van der Waals surface area contributed by atoms with E-state index >= 15 is 0 Å². The van der Waals surface area contributed by atoms with E-state index in [1.807, 2.05) is 0 Å². The van der Waals surface area contributed by atoms with Crippen molar-refractivity contribution in [3.05, 3.63) is 104 Å². The number of thioether (sulfide) groups is 1. The van der Waals surface area contributed by atoms with Gasteiger partial charge in [-0.15, -0.1) is 0 Å². The maximum atomic E-state index is 14.1. The third kappa shape index (κ3) is 5.40. The number of nitrogens with zero attached hydrogens (tertiary/aromatic N) is 2. The summed E-state index contributed by atoms with van der Waals surface area (Å²) in [5.41, 5.74) is 0.0833. The van der Waals surface area contributed by atoms with E-state index in [2.05, 4.69) is 0 Å². The number of nitro benzene ring substituents is 1. The molecule has 1 saturated heterocycles. The smallest absolute Gasteiger partial charge is 0.339 e. The maximum absolute atomic E-state index is 14.1. The third-order valence-corrected chi connectivity index (χ3v) is 7.46. The van der Waals surface area contributed by atoms with Crippen molar-refractivity contribution >= 4 is 56.4 Å². The molecule has 0 unspecified atom stereocenters. The number of benzene rings is 3. The number of hydrogen-bond acceptors (Lipinski definition) is 8. The zero-order valence-corrected chi connectivity index (χ0v) is 20.3. The van der Waals surface area contributed by atoms with Crippen molar-refractivity contribution in [1.29, 1.82) is 0 Å². The Balaban J connectivity index is 1.49. The van der Waals surface area contributed by atoms with E-state index < -0.39 is 37.7 Å². The van der Waals surface area contributed by atoms with Crippen LogP contribution in [0.5, 0.6) is 5.75 Å². The number of carbonyl (C=O) groups is 2. The Morgan fingerprint density at radius 1 is 1.08 bits per heavy atom. The molecule has 9 nitrogen and oxygen atoms in total. The lowest BCUT2D eigenvalue weighted by Gasteiger charge is -2.14. The van der Waals surface area contributed by atoms with E-state index in [0.29, 0.717) is 17.3 Å². The summed E-state index contributed by atoms with van der Waals surface area (Å²) >= 11 is 6.67. The van der Waals surface area contributed by atoms with Gasteiger partial charge in [-0.25, -0.2) is 4.39 Å². The Bertz CT molecular complexity index is 1510. The standard InChI is InChI=1S/C23H14ClFN2O7S2/c24-19-5-2-6-20(25)18(19)13-26-22(28)21(35-23(26)29)11-14-7-9-16(10-8-14)34-36(32,33)17-4-1-3-15(12-17)27(30)31/h1-12H,13H2/b21-11-. The van der Waals surface area contributed by atoms with Gasteiger partial charge in [-0.2, -0.15) is 8.42 Å². The minimum Gasteiger partial charge on any atom is -0.379 e. The second-order valence-corrected chi connectivity index (χ2v) is 10.3. The van der Waals surface area contributed by atoms with E-state index in [1.54, 1.807) is 0 Å². The van der Waals surface area contributed by atoms with Gasteiger partial charge in [0.1, 0.15) is 16.5 Å². The average Bonchev–Trinajstić information content (AvgIpc) is 3.09. The fraction of sp³-hybridized carbons (Fsp3) is 0.0435. The van der Waals surface area contributed by atoms with Crippen molar-refractivity contribution in [1.82, 2.24) is 4.90 Å². The number of rotatable bonds is 7. The number of halogens is 2. The van der Waals surface area contributed by atoms with Crippen LogP contribution in [0.15, 0.2) is 76.5 Å². The van der Waals surface area contributed by atoms with E-state index in [1.165, 1.54) is 60.7 Å². The van der Waals surface area contributed by atoms with E-state index in [0.717, 1.165) is 17.0 Å². The summed E-state index contributed by atoms with van der Waals surface area (Å²) in [6.45, 7) is -0.324. The molecular formula is C23H14ClFN2O7S2. The fourth-order valence-corrected chi connectivity index (χ4v) is 5.21. The first kappa shape index (κ1) is 25.4. The quantitative estimate of drug-likeness (QED) is 0.166. The predicted molar refractivity (Wildman–Crippen MR) is 130 cm³/mol. The number of non-ortho nitro benzene ring substituents is 1. The number of imide groups is 1. The molecule has 2 amide bonds. The monoisotopic (exact) mass is 548 g/mol. The Morgan fingerprint density at radius 2 is 1.78 bits per heavy atom. The summed E-state index contributed by atoms with van der Waals surface area (Å²) in [5, 5.41) is 10.4. The first-order chi connectivity index (χ1) is 17.0. The molecular weight excluding hydrogens is 535 g/mol. The van der Waals surface area contributed by atoms with Gasteiger partial charge in [-0.1, -0.05) is 35.9 Å². The molecule has 3 aromatic carbocycles. The Kier molecular flexibility index (Phi) is 7.11. The van der Waals surface area contributed by atoms with E-state index in [-0.39, 0.29) is 32.7 Å². The molecule has 4 rings (SSSR count). The van der Waals surface area contributed by atoms with Gasteiger partial charge in [0.05, 0.1) is 16.4 Å². The molecule has 0 bridgehead atoms. The van der Waals surface area contributed by atoms with Crippen LogP contribution in [0.2, 0.25) is 5.02 Å². The van der Waals surface area contributed by atoms with Crippen molar-refractivity contribution in [2.75, 3.05) is 0 Å². The topological polar surface area (TPSA) is 124 Å². The van der Waals surface area contributed by atoms with Crippen LogP contribution >= 0.6 is 23.4 Å². The van der Waals surface area contributed by atoms with Crippen LogP contribution in [0, 0.1) is 15.9 Å². The average molecular weight is 549 g/mol. The van der Waals surface area contributed by atoms with Crippen molar-refractivity contribution in [3.8, 4) is 5.75 Å². The lowest BCUT2D eigenvalue weighted by atomic mass is 10.2. The van der Waals surface area contributed by atoms with Crippen LogP contribution in [-0.2, 0) is 21.5 Å². The second kappa shape index (κ2) is 10.1. The summed E-state index contributed by atoms with van der Waals surface area (Å²) in [6, 6.07) is 14.0. The molecule has 0 aromatic heterocycles. The maximum Gasteiger partial charge on any atom is 0.339 e. The summed E-state index contributed by atoms with van der Waals surface area (Å²) in [4.78, 5) is 35.8. The normalized spacial score (nSPS) is 14.9. The molecule has 1 aliphatic heterocycles. The Labute approximate surface area is 213 Å². The van der Waals surface area contributed by atoms with Crippen molar-refractivity contribution < 1.29 is 31.5 Å². The Morgan fingerprint density at radius 3 is 2.44 bits per heavy atom. The lowest BCUT2D eigenvalue weighted by Crippen LogP contribution is -2.28. The van der Waals surface area contributed by atoms with Crippen molar-refractivity contribution in [2.45, 2.75) is 11.4 Å². The molecule has 0 radical (unpaired) electrons. The van der Waals surface area contributed by atoms with Crippen LogP contribution < -0.4 is 4.18 Å². The zero-order chi connectivity index (χ0) is 26.0. The molecule has 1 fully saturated rings. The number of nitro groups is 1. The highest BCUT2D eigenvalue weighted by molar-refractivity contribution is 8.18. The van der Waals surface area contributed by atoms with Gasteiger partial charge in [0.15, 0.2) is 0 Å². The largest absolute Gasteiger partial charge is 0.379 e. The highest BCUT2D eigenvalue weighted by atomic mass is 35.5. The predicted octanol–water partition coefficient (Wildman–Crippen LogP) is 5.39. The minimum atomic E-state index is -4.34. The van der Waals surface area contributed by atoms with Crippen LogP contribution in [0.4, 0.5) is 14.9 Å². The van der Waals surface area contributed by atoms with E-state index in [9.17, 15) is 32.5 Å². The van der Waals surface area contributed by atoms with E-state index in [4.69, 9.17) is 15.8 Å². The van der Waals surface area contributed by atoms with Gasteiger partial charge < -0.3 is 4.18 Å². The molecule has 0 N–H and O–H groups in total. The van der Waals surface area contributed by atoms with Gasteiger partial charge in [-0.05, 0) is 53.7 Å². The lowest BCUT2D eigenvalue weighted by molar-refractivity contribution is -0.385. The molecule has 36 heavy (non-hydrogen) atoms. The molecule has 0 saturated carbocycles. The van der Waals surface area contributed by atoms with Gasteiger partial charge in [0, 0.05) is 22.7 Å². The summed E-state index contributed by atoms with van der Waals surface area (Å²) in [7, 11) is -4.34. The molecule has 1 heterocycles. The molecule has 0 aliphatic carbocycles. The molecule has 3 aromatic rings. The van der Waals surface area contributed by atoms with Gasteiger partial charge >= 0.3 is 10.1 Å². The van der Waals surface area contributed by atoms with Gasteiger partial charge in [0.25, 0.3) is 16.8 Å². The summed E-state index contributed by atoms with van der Waals surface area (Å²) < 4.78 is 44.1. The highest BCUT2D eigenvalue weighted by Crippen LogP contribution is 2.35. The third-order valence-electron chi connectivity index (χ3n) is 4.95. The first-order valence-electron chi connectivity index (χ1n) is 10.0. The van der Waals surface area contributed by atoms with Crippen LogP contribution in [0.3, 0.4) is 0 Å². The van der Waals surface area contributed by atoms with Gasteiger partial charge in [0.2, 0.25) is 0 Å². The molecule has 1 aliphatic rings. The van der Waals surface area contributed by atoms with Gasteiger partial charge in [-0.3, -0.25) is 24.6 Å². The second-order valence-electron chi connectivity index (χ2n) is 7.33. The van der Waals surface area contributed by atoms with Crippen molar-refractivity contribution in [3.63, 3.8) is 0 Å². The molecule has 13 heteroatoms. The van der Waals surface area contributed by atoms with Crippen molar-refractivity contribution in [2.24, 2.45) is 0 Å². The zero-order valence-electron chi connectivity index (χ0n) is 18.0. The van der Waals surface area contributed by atoms with Crippen LogP contribution in [-0.4, -0.2) is 29.4 Å². The SMILES string of the molecule is O=C1S/C(=C\c2ccc(OS(=O)(=O)c3cccc([N+](=O)[O-])c3)cc2)C(=O)N1Cc1c(F)cccc1Cl.